The Morgan fingerprint density at radius 2 is 1.75 bits per heavy atom. The number of benzene rings is 1. The summed E-state index contributed by atoms with van der Waals surface area (Å²) in [7, 11) is 0. The Morgan fingerprint density at radius 1 is 1.00 bits per heavy atom. The summed E-state index contributed by atoms with van der Waals surface area (Å²) in [5.74, 6) is -4.04. The van der Waals surface area contributed by atoms with E-state index in [4.69, 9.17) is 0 Å². The predicted octanol–water partition coefficient (Wildman–Crippen LogP) is 3.24. The maximum absolute atomic E-state index is 13.4. The van der Waals surface area contributed by atoms with Gasteiger partial charge in [0.2, 0.25) is 0 Å². The van der Waals surface area contributed by atoms with Gasteiger partial charge in [-0.1, -0.05) is 0 Å². The molecule has 0 amide bonds. The molecule has 0 saturated heterocycles. The lowest BCUT2D eigenvalue weighted by Crippen LogP contribution is -2.05. The van der Waals surface area contributed by atoms with Gasteiger partial charge in [-0.05, 0) is 36.6 Å². The zero-order valence-corrected chi connectivity index (χ0v) is 8.40. The first-order valence-electron chi connectivity index (χ1n) is 4.97. The van der Waals surface area contributed by atoms with Gasteiger partial charge in [-0.25, -0.2) is 13.2 Å². The van der Waals surface area contributed by atoms with Crippen LogP contribution in [0.1, 0.15) is 24.8 Å². The molecule has 1 aromatic rings. The van der Waals surface area contributed by atoms with E-state index in [-0.39, 0.29) is 11.3 Å². The summed E-state index contributed by atoms with van der Waals surface area (Å²) in [5.41, 5.74) is 0.416. The van der Waals surface area contributed by atoms with Gasteiger partial charge in [0.1, 0.15) is 0 Å². The Kier molecular flexibility index (Phi) is 2.81. The highest BCUT2D eigenvalue weighted by atomic mass is 19.2. The number of halogens is 3. The minimum Gasteiger partial charge on any atom is -0.295 e. The van der Waals surface area contributed by atoms with Crippen molar-refractivity contribution in [2.45, 2.75) is 19.3 Å². The summed E-state index contributed by atoms with van der Waals surface area (Å²) < 4.78 is 39.1. The van der Waals surface area contributed by atoms with Gasteiger partial charge in [0, 0.05) is 12.0 Å². The smallest absolute Gasteiger partial charge is 0.195 e. The van der Waals surface area contributed by atoms with Crippen LogP contribution in [0.5, 0.6) is 0 Å². The number of allylic oxidation sites excluding steroid dienone is 2. The normalized spacial score (nSPS) is 16.2. The lowest BCUT2D eigenvalue weighted by Gasteiger charge is -2.13. The molecule has 0 spiro atoms. The quantitative estimate of drug-likeness (QED) is 0.672. The molecule has 1 aliphatic carbocycles. The molecule has 1 aliphatic rings. The molecule has 0 saturated carbocycles. The average Bonchev–Trinajstić information content (AvgIpc) is 2.26. The third kappa shape index (κ3) is 1.87. The van der Waals surface area contributed by atoms with Crippen LogP contribution in [0.4, 0.5) is 13.2 Å². The predicted molar refractivity (Wildman–Crippen MR) is 53.2 cm³/mol. The average molecular weight is 226 g/mol. The third-order valence-corrected chi connectivity index (χ3v) is 2.59. The van der Waals surface area contributed by atoms with Crippen LogP contribution in [-0.4, -0.2) is 5.78 Å². The maximum atomic E-state index is 13.4. The number of hydrogen-bond donors (Lipinski definition) is 0. The van der Waals surface area contributed by atoms with Gasteiger partial charge < -0.3 is 0 Å². The second-order valence-corrected chi connectivity index (χ2v) is 3.71. The molecule has 4 heteroatoms. The van der Waals surface area contributed by atoms with Crippen LogP contribution in [0, 0.1) is 17.5 Å². The standard InChI is InChI=1S/C12H9F3O/c13-10-5-4-9(11(14)12(10)15)7-2-1-3-8(16)6-7/h4-6H,1-3H2. The van der Waals surface area contributed by atoms with E-state index >= 15 is 0 Å². The molecule has 0 fully saturated rings. The zero-order valence-electron chi connectivity index (χ0n) is 8.40. The molecule has 0 unspecified atom stereocenters. The van der Waals surface area contributed by atoms with Crippen molar-refractivity contribution < 1.29 is 18.0 Å². The van der Waals surface area contributed by atoms with Crippen LogP contribution in [0.15, 0.2) is 18.2 Å². The fourth-order valence-electron chi connectivity index (χ4n) is 1.78. The molecular formula is C12H9F3O. The summed E-state index contributed by atoms with van der Waals surface area (Å²) in [6.07, 6.45) is 2.85. The molecule has 16 heavy (non-hydrogen) atoms. The molecule has 1 nitrogen and oxygen atoms in total. The SMILES string of the molecule is O=C1C=C(c2ccc(F)c(F)c2F)CCC1. The maximum Gasteiger partial charge on any atom is 0.195 e. The summed E-state index contributed by atoms with van der Waals surface area (Å²) in [4.78, 5) is 11.1. The van der Waals surface area contributed by atoms with Gasteiger partial charge in [0.05, 0.1) is 0 Å². The van der Waals surface area contributed by atoms with Crippen LogP contribution in [0.25, 0.3) is 5.57 Å². The van der Waals surface area contributed by atoms with E-state index in [1.165, 1.54) is 6.08 Å². The minimum atomic E-state index is -1.49. The van der Waals surface area contributed by atoms with Crippen molar-refractivity contribution >= 4 is 11.4 Å². The van der Waals surface area contributed by atoms with Crippen LogP contribution < -0.4 is 0 Å². The van der Waals surface area contributed by atoms with Crippen LogP contribution >= 0.6 is 0 Å². The summed E-state index contributed by atoms with van der Waals surface area (Å²) in [6.45, 7) is 0. The lowest BCUT2D eigenvalue weighted by atomic mass is 9.92. The Morgan fingerprint density at radius 3 is 2.44 bits per heavy atom. The van der Waals surface area contributed by atoms with Gasteiger partial charge in [0.25, 0.3) is 0 Å². The van der Waals surface area contributed by atoms with Crippen molar-refractivity contribution in [1.82, 2.24) is 0 Å². The number of hydrogen-bond acceptors (Lipinski definition) is 1. The molecule has 0 aromatic heterocycles. The Bertz CT molecular complexity index is 477. The molecule has 0 bridgehead atoms. The van der Waals surface area contributed by atoms with Crippen molar-refractivity contribution in [1.29, 1.82) is 0 Å². The number of carbonyl (C=O) groups excluding carboxylic acids is 1. The summed E-state index contributed by atoms with van der Waals surface area (Å²) in [6, 6.07) is 2.03. The molecule has 2 rings (SSSR count). The first-order valence-corrected chi connectivity index (χ1v) is 4.97. The second-order valence-electron chi connectivity index (χ2n) is 3.71. The Balaban J connectivity index is 2.49. The summed E-state index contributed by atoms with van der Waals surface area (Å²) in [5, 5.41) is 0. The molecule has 84 valence electrons. The number of rotatable bonds is 1. The molecule has 0 atom stereocenters. The monoisotopic (exact) mass is 226 g/mol. The molecule has 1 aromatic carbocycles. The first-order chi connectivity index (χ1) is 7.59. The molecule has 0 heterocycles. The molecule has 0 aliphatic heterocycles. The van der Waals surface area contributed by atoms with Gasteiger partial charge in [-0.3, -0.25) is 4.79 Å². The first kappa shape index (κ1) is 10.9. The largest absolute Gasteiger partial charge is 0.295 e. The van der Waals surface area contributed by atoms with E-state index in [9.17, 15) is 18.0 Å². The zero-order chi connectivity index (χ0) is 11.7. The van der Waals surface area contributed by atoms with Crippen LogP contribution in [-0.2, 0) is 4.79 Å². The fourth-order valence-corrected chi connectivity index (χ4v) is 1.78. The second kappa shape index (κ2) is 4.12. The lowest BCUT2D eigenvalue weighted by molar-refractivity contribution is -0.114. The third-order valence-electron chi connectivity index (χ3n) is 2.59. The van der Waals surface area contributed by atoms with Crippen molar-refractivity contribution in [2.24, 2.45) is 0 Å². The minimum absolute atomic E-state index is 0.0213. The number of ketones is 1. The highest BCUT2D eigenvalue weighted by Crippen LogP contribution is 2.28. The fraction of sp³-hybridized carbons (Fsp3) is 0.250. The molecule has 0 radical (unpaired) electrons. The van der Waals surface area contributed by atoms with Gasteiger partial charge in [-0.15, -0.1) is 0 Å². The van der Waals surface area contributed by atoms with Crippen LogP contribution in [0.2, 0.25) is 0 Å². The van der Waals surface area contributed by atoms with E-state index in [2.05, 4.69) is 0 Å². The van der Waals surface area contributed by atoms with Gasteiger partial charge in [-0.2, -0.15) is 0 Å². The van der Waals surface area contributed by atoms with Crippen LogP contribution in [0.3, 0.4) is 0 Å². The van der Waals surface area contributed by atoms with Crippen molar-refractivity contribution in [3.05, 3.63) is 41.2 Å². The summed E-state index contributed by atoms with van der Waals surface area (Å²) >= 11 is 0. The molecule has 0 N–H and O–H groups in total. The van der Waals surface area contributed by atoms with E-state index in [0.717, 1.165) is 12.1 Å². The molecular weight excluding hydrogens is 217 g/mol. The van der Waals surface area contributed by atoms with Crippen molar-refractivity contribution in [3.8, 4) is 0 Å². The number of carbonyl (C=O) groups is 1. The highest BCUT2D eigenvalue weighted by Gasteiger charge is 2.19. The highest BCUT2D eigenvalue weighted by molar-refractivity contribution is 5.98. The van der Waals surface area contributed by atoms with Crippen molar-refractivity contribution in [3.63, 3.8) is 0 Å². The van der Waals surface area contributed by atoms with E-state index in [0.29, 0.717) is 24.8 Å². The van der Waals surface area contributed by atoms with Crippen molar-refractivity contribution in [2.75, 3.05) is 0 Å². The Labute approximate surface area is 90.6 Å². The van der Waals surface area contributed by atoms with E-state index in [1.54, 1.807) is 0 Å². The van der Waals surface area contributed by atoms with E-state index in [1.807, 2.05) is 0 Å². The Hall–Kier alpha value is -1.58. The van der Waals surface area contributed by atoms with E-state index < -0.39 is 17.5 Å². The van der Waals surface area contributed by atoms with Gasteiger partial charge in [0.15, 0.2) is 23.2 Å². The van der Waals surface area contributed by atoms with Gasteiger partial charge >= 0.3 is 0 Å². The topological polar surface area (TPSA) is 17.1 Å².